The van der Waals surface area contributed by atoms with Gasteiger partial charge in [-0.2, -0.15) is 0 Å². The molecule has 0 amide bonds. The van der Waals surface area contributed by atoms with E-state index in [-0.39, 0.29) is 6.17 Å². The molecule has 0 spiro atoms. The molecule has 0 aliphatic carbocycles. The van der Waals surface area contributed by atoms with Gasteiger partial charge in [0.2, 0.25) is 0 Å². The predicted octanol–water partition coefficient (Wildman–Crippen LogP) is 1.47. The van der Waals surface area contributed by atoms with Gasteiger partial charge in [0.15, 0.2) is 0 Å². The minimum Gasteiger partial charge on any atom is -0.373 e. The first-order valence-electron chi connectivity index (χ1n) is 4.32. The smallest absolute Gasteiger partial charge is 0.0940 e. The Balaban J connectivity index is 2.32. The summed E-state index contributed by atoms with van der Waals surface area (Å²) < 4.78 is 0. The molecule has 1 heterocycles. The Morgan fingerprint density at radius 3 is 2.62 bits per heavy atom. The second kappa shape index (κ2) is 3.46. The van der Waals surface area contributed by atoms with E-state index >= 15 is 0 Å². The van der Waals surface area contributed by atoms with Crippen LogP contribution < -0.4 is 11.1 Å². The Bertz CT molecular complexity index is 338. The van der Waals surface area contributed by atoms with Gasteiger partial charge in [-0.15, -0.1) is 0 Å². The highest BCUT2D eigenvalue weighted by Crippen LogP contribution is 2.17. The van der Waals surface area contributed by atoms with Crippen molar-refractivity contribution in [2.75, 3.05) is 0 Å². The molecule has 0 saturated carbocycles. The fourth-order valence-electron chi connectivity index (χ4n) is 1.37. The molecule has 1 aromatic rings. The SMILES string of the molecule is NC1C=C(c2ccccc2)C=CN1. The van der Waals surface area contributed by atoms with Crippen LogP contribution in [-0.4, -0.2) is 6.17 Å². The van der Waals surface area contributed by atoms with Gasteiger partial charge in [-0.25, -0.2) is 0 Å². The molecule has 1 unspecified atom stereocenters. The lowest BCUT2D eigenvalue weighted by Crippen LogP contribution is -2.33. The Labute approximate surface area is 77.8 Å². The third-order valence-electron chi connectivity index (χ3n) is 2.02. The Morgan fingerprint density at radius 2 is 1.92 bits per heavy atom. The molecular formula is C11H12N2. The average Bonchev–Trinajstić information content (AvgIpc) is 2.19. The molecule has 0 radical (unpaired) electrons. The molecule has 2 heteroatoms. The van der Waals surface area contributed by atoms with Crippen LogP contribution in [0.3, 0.4) is 0 Å². The van der Waals surface area contributed by atoms with Crippen molar-refractivity contribution in [1.82, 2.24) is 5.32 Å². The summed E-state index contributed by atoms with van der Waals surface area (Å²) in [4.78, 5) is 0. The second-order valence-corrected chi connectivity index (χ2v) is 3.01. The predicted molar refractivity (Wildman–Crippen MR) is 54.7 cm³/mol. The lowest BCUT2D eigenvalue weighted by Gasteiger charge is -2.14. The first-order chi connectivity index (χ1) is 6.36. The van der Waals surface area contributed by atoms with Crippen LogP contribution in [0.4, 0.5) is 0 Å². The van der Waals surface area contributed by atoms with E-state index in [2.05, 4.69) is 17.4 Å². The summed E-state index contributed by atoms with van der Waals surface area (Å²) >= 11 is 0. The molecule has 13 heavy (non-hydrogen) atoms. The minimum absolute atomic E-state index is 0.0693. The number of hydrogen-bond acceptors (Lipinski definition) is 2. The highest BCUT2D eigenvalue weighted by molar-refractivity contribution is 5.75. The van der Waals surface area contributed by atoms with E-state index in [9.17, 15) is 0 Å². The maximum absolute atomic E-state index is 5.72. The van der Waals surface area contributed by atoms with E-state index < -0.39 is 0 Å². The number of dihydropyridines is 1. The van der Waals surface area contributed by atoms with Gasteiger partial charge in [-0.3, -0.25) is 0 Å². The number of benzene rings is 1. The van der Waals surface area contributed by atoms with Crippen molar-refractivity contribution in [3.63, 3.8) is 0 Å². The molecule has 1 aromatic carbocycles. The van der Waals surface area contributed by atoms with Crippen molar-refractivity contribution < 1.29 is 0 Å². The molecule has 1 aliphatic heterocycles. The van der Waals surface area contributed by atoms with E-state index in [1.54, 1.807) is 0 Å². The van der Waals surface area contributed by atoms with Crippen LogP contribution >= 0.6 is 0 Å². The van der Waals surface area contributed by atoms with Crippen LogP contribution in [0.2, 0.25) is 0 Å². The fourth-order valence-corrected chi connectivity index (χ4v) is 1.37. The van der Waals surface area contributed by atoms with Crippen molar-refractivity contribution in [2.45, 2.75) is 6.17 Å². The van der Waals surface area contributed by atoms with Gasteiger partial charge < -0.3 is 11.1 Å². The van der Waals surface area contributed by atoms with Crippen molar-refractivity contribution in [1.29, 1.82) is 0 Å². The third kappa shape index (κ3) is 1.79. The second-order valence-electron chi connectivity index (χ2n) is 3.01. The van der Waals surface area contributed by atoms with Crippen LogP contribution in [0.5, 0.6) is 0 Å². The van der Waals surface area contributed by atoms with Crippen LogP contribution in [-0.2, 0) is 0 Å². The van der Waals surface area contributed by atoms with Gasteiger partial charge in [-0.05, 0) is 29.5 Å². The Kier molecular flexibility index (Phi) is 2.15. The Hall–Kier alpha value is -1.54. The number of rotatable bonds is 1. The third-order valence-corrected chi connectivity index (χ3v) is 2.02. The zero-order chi connectivity index (χ0) is 9.10. The normalized spacial score (nSPS) is 20.7. The first kappa shape index (κ1) is 8.08. The van der Waals surface area contributed by atoms with Crippen LogP contribution in [0.25, 0.3) is 5.57 Å². The largest absolute Gasteiger partial charge is 0.373 e. The molecule has 0 fully saturated rings. The Morgan fingerprint density at radius 1 is 1.15 bits per heavy atom. The van der Waals surface area contributed by atoms with E-state index in [1.165, 1.54) is 11.1 Å². The molecular weight excluding hydrogens is 160 g/mol. The summed E-state index contributed by atoms with van der Waals surface area (Å²) in [6.45, 7) is 0. The van der Waals surface area contributed by atoms with Crippen LogP contribution in [0.1, 0.15) is 5.56 Å². The first-order valence-corrected chi connectivity index (χ1v) is 4.32. The number of allylic oxidation sites excluding steroid dienone is 2. The van der Waals surface area contributed by atoms with E-state index in [4.69, 9.17) is 5.73 Å². The van der Waals surface area contributed by atoms with Crippen LogP contribution in [0, 0.1) is 0 Å². The van der Waals surface area contributed by atoms with Gasteiger partial charge in [-0.1, -0.05) is 30.3 Å². The van der Waals surface area contributed by atoms with E-state index in [0.717, 1.165) is 0 Å². The van der Waals surface area contributed by atoms with Gasteiger partial charge in [0.05, 0.1) is 6.17 Å². The summed E-state index contributed by atoms with van der Waals surface area (Å²) in [6, 6.07) is 10.2. The molecule has 0 saturated heterocycles. The lowest BCUT2D eigenvalue weighted by atomic mass is 10.0. The lowest BCUT2D eigenvalue weighted by molar-refractivity contribution is 0.730. The quantitative estimate of drug-likeness (QED) is 0.673. The van der Waals surface area contributed by atoms with Crippen molar-refractivity contribution in [3.05, 3.63) is 54.2 Å². The van der Waals surface area contributed by atoms with Crippen LogP contribution in [0.15, 0.2) is 48.7 Å². The monoisotopic (exact) mass is 172 g/mol. The maximum Gasteiger partial charge on any atom is 0.0940 e. The standard InChI is InChI=1S/C11H12N2/c12-11-8-10(6-7-13-11)9-4-2-1-3-5-9/h1-8,11,13H,12H2. The topological polar surface area (TPSA) is 38.0 Å². The molecule has 0 bridgehead atoms. The summed E-state index contributed by atoms with van der Waals surface area (Å²) in [7, 11) is 0. The molecule has 66 valence electrons. The van der Waals surface area contributed by atoms with Gasteiger partial charge >= 0.3 is 0 Å². The molecule has 0 aromatic heterocycles. The molecule has 1 aliphatic rings. The molecule has 2 nitrogen and oxygen atoms in total. The molecule has 3 N–H and O–H groups in total. The van der Waals surface area contributed by atoms with E-state index in [0.29, 0.717) is 0 Å². The average molecular weight is 172 g/mol. The van der Waals surface area contributed by atoms with Crippen molar-refractivity contribution in [3.8, 4) is 0 Å². The van der Waals surface area contributed by atoms with Gasteiger partial charge in [0, 0.05) is 0 Å². The van der Waals surface area contributed by atoms with E-state index in [1.807, 2.05) is 36.6 Å². The highest BCUT2D eigenvalue weighted by atomic mass is 15.0. The van der Waals surface area contributed by atoms with Crippen molar-refractivity contribution in [2.24, 2.45) is 5.73 Å². The summed E-state index contributed by atoms with van der Waals surface area (Å²) in [5.41, 5.74) is 8.10. The summed E-state index contributed by atoms with van der Waals surface area (Å²) in [5.74, 6) is 0. The van der Waals surface area contributed by atoms with Gasteiger partial charge in [0.25, 0.3) is 0 Å². The zero-order valence-electron chi connectivity index (χ0n) is 7.27. The van der Waals surface area contributed by atoms with Crippen molar-refractivity contribution >= 4 is 5.57 Å². The summed E-state index contributed by atoms with van der Waals surface area (Å²) in [5, 5.41) is 3.00. The summed E-state index contributed by atoms with van der Waals surface area (Å²) in [6.07, 6.45) is 5.85. The number of hydrogen-bond donors (Lipinski definition) is 2. The van der Waals surface area contributed by atoms with Gasteiger partial charge in [0.1, 0.15) is 0 Å². The highest BCUT2D eigenvalue weighted by Gasteiger charge is 2.03. The minimum atomic E-state index is -0.0693. The maximum atomic E-state index is 5.72. The number of nitrogens with one attached hydrogen (secondary N) is 1. The molecule has 1 atom stereocenters. The zero-order valence-corrected chi connectivity index (χ0v) is 7.27. The number of nitrogens with two attached hydrogens (primary N) is 1. The fraction of sp³-hybridized carbons (Fsp3) is 0.0909. The molecule has 2 rings (SSSR count).